The lowest BCUT2D eigenvalue weighted by Crippen LogP contribution is -2.26. The minimum atomic E-state index is 0.956. The average molecular weight is 222 g/mol. The second-order valence-corrected chi connectivity index (χ2v) is 5.76. The molecule has 3 heteroatoms. The molecule has 15 heavy (non-hydrogen) atoms. The molecule has 0 radical (unpaired) electrons. The molecular formula is C12H18N2S. The summed E-state index contributed by atoms with van der Waals surface area (Å²) in [7, 11) is 0. The fraction of sp³-hybridized carbons (Fsp3) is 0.750. The van der Waals surface area contributed by atoms with Gasteiger partial charge in [0.25, 0.3) is 0 Å². The summed E-state index contributed by atoms with van der Waals surface area (Å²) in [5.74, 6) is 3.07. The summed E-state index contributed by atoms with van der Waals surface area (Å²) >= 11 is 1.68. The molecule has 2 nitrogen and oxygen atoms in total. The number of rotatable bonds is 4. The van der Waals surface area contributed by atoms with Gasteiger partial charge in [-0.05, 0) is 43.6 Å². The van der Waals surface area contributed by atoms with Crippen LogP contribution in [0.3, 0.4) is 0 Å². The first kappa shape index (κ1) is 9.79. The molecule has 0 aromatic carbocycles. The van der Waals surface area contributed by atoms with E-state index in [9.17, 15) is 0 Å². The van der Waals surface area contributed by atoms with Gasteiger partial charge in [-0.25, -0.2) is 4.98 Å². The van der Waals surface area contributed by atoms with Crippen LogP contribution >= 0.6 is 11.3 Å². The first-order valence-corrected chi connectivity index (χ1v) is 6.94. The summed E-state index contributed by atoms with van der Waals surface area (Å²) in [4.78, 5) is 4.28. The molecule has 0 aliphatic heterocycles. The minimum absolute atomic E-state index is 0.956. The predicted molar refractivity (Wildman–Crippen MR) is 62.8 cm³/mol. The zero-order valence-electron chi connectivity index (χ0n) is 8.98. The maximum atomic E-state index is 4.28. The fourth-order valence-electron chi connectivity index (χ4n) is 3.34. The van der Waals surface area contributed by atoms with Crippen molar-refractivity contribution in [1.29, 1.82) is 0 Å². The first-order valence-electron chi connectivity index (χ1n) is 5.99. The highest BCUT2D eigenvalue weighted by atomic mass is 32.1. The Morgan fingerprint density at radius 1 is 1.40 bits per heavy atom. The Hall–Kier alpha value is -0.410. The van der Waals surface area contributed by atoms with E-state index in [1.54, 1.807) is 11.3 Å². The molecule has 3 unspecified atom stereocenters. The molecule has 0 saturated heterocycles. The molecule has 1 aromatic heterocycles. The third kappa shape index (κ3) is 2.08. The molecular weight excluding hydrogens is 204 g/mol. The molecule has 1 aromatic rings. The van der Waals surface area contributed by atoms with Crippen LogP contribution in [0.2, 0.25) is 0 Å². The van der Waals surface area contributed by atoms with E-state index in [1.165, 1.54) is 37.9 Å². The topological polar surface area (TPSA) is 24.9 Å². The average Bonchev–Trinajstić information content (AvgIpc) is 2.93. The zero-order chi connectivity index (χ0) is 10.1. The van der Waals surface area contributed by atoms with Crippen LogP contribution in [0.15, 0.2) is 10.9 Å². The van der Waals surface area contributed by atoms with Crippen LogP contribution in [0, 0.1) is 17.8 Å². The van der Waals surface area contributed by atoms with Crippen molar-refractivity contribution in [2.24, 2.45) is 17.8 Å². The lowest BCUT2D eigenvalue weighted by atomic mass is 9.89. The van der Waals surface area contributed by atoms with Crippen LogP contribution < -0.4 is 5.32 Å². The number of fused-ring (bicyclic) bond motifs is 2. The standard InChI is InChI=1S/C12H18N2S/c1-2-10-3-9(1)4-11(10)5-13-6-12-7-15-8-14-12/h7-11,13H,1-6H2. The SMILES string of the molecule is c1nc(CNCC2CC3CCC2C3)cs1. The third-order valence-electron chi connectivity index (χ3n) is 4.08. The van der Waals surface area contributed by atoms with E-state index in [4.69, 9.17) is 0 Å². The summed E-state index contributed by atoms with van der Waals surface area (Å²) in [6.07, 6.45) is 6.00. The largest absolute Gasteiger partial charge is 0.311 e. The van der Waals surface area contributed by atoms with E-state index in [0.29, 0.717) is 0 Å². The van der Waals surface area contributed by atoms with E-state index < -0.39 is 0 Å². The lowest BCUT2D eigenvalue weighted by molar-refractivity contribution is 0.318. The van der Waals surface area contributed by atoms with Gasteiger partial charge in [0.15, 0.2) is 0 Å². The summed E-state index contributed by atoms with van der Waals surface area (Å²) in [6, 6.07) is 0. The van der Waals surface area contributed by atoms with Crippen LogP contribution in [-0.2, 0) is 6.54 Å². The number of nitrogens with zero attached hydrogens (tertiary/aromatic N) is 1. The number of hydrogen-bond acceptors (Lipinski definition) is 3. The molecule has 2 fully saturated rings. The van der Waals surface area contributed by atoms with Crippen LogP contribution in [0.4, 0.5) is 0 Å². The molecule has 0 spiro atoms. The molecule has 82 valence electrons. The summed E-state index contributed by atoms with van der Waals surface area (Å²) < 4.78 is 0. The van der Waals surface area contributed by atoms with Crippen LogP contribution in [0.25, 0.3) is 0 Å². The van der Waals surface area contributed by atoms with E-state index in [-0.39, 0.29) is 0 Å². The number of thiazole rings is 1. The Morgan fingerprint density at radius 3 is 3.07 bits per heavy atom. The van der Waals surface area contributed by atoms with Crippen LogP contribution in [0.1, 0.15) is 31.4 Å². The van der Waals surface area contributed by atoms with Gasteiger partial charge >= 0.3 is 0 Å². The predicted octanol–water partition coefficient (Wildman–Crippen LogP) is 2.67. The van der Waals surface area contributed by atoms with Crippen molar-refractivity contribution in [3.63, 3.8) is 0 Å². The van der Waals surface area contributed by atoms with Gasteiger partial charge in [-0.2, -0.15) is 0 Å². The van der Waals surface area contributed by atoms with E-state index in [1.807, 2.05) is 5.51 Å². The number of hydrogen-bond donors (Lipinski definition) is 1. The van der Waals surface area contributed by atoms with Gasteiger partial charge < -0.3 is 5.32 Å². The Bertz CT molecular complexity index is 309. The van der Waals surface area contributed by atoms with Crippen molar-refractivity contribution in [3.05, 3.63) is 16.6 Å². The normalized spacial score (nSPS) is 33.7. The zero-order valence-corrected chi connectivity index (χ0v) is 9.80. The Morgan fingerprint density at radius 2 is 2.40 bits per heavy atom. The first-order chi connectivity index (χ1) is 7.42. The van der Waals surface area contributed by atoms with Gasteiger partial charge in [-0.1, -0.05) is 6.42 Å². The van der Waals surface area contributed by atoms with Gasteiger partial charge in [0.1, 0.15) is 0 Å². The highest BCUT2D eigenvalue weighted by Gasteiger charge is 2.38. The van der Waals surface area contributed by atoms with Gasteiger partial charge in [0, 0.05) is 11.9 Å². The number of nitrogens with one attached hydrogen (secondary N) is 1. The Balaban J connectivity index is 1.43. The lowest BCUT2D eigenvalue weighted by Gasteiger charge is -2.21. The molecule has 0 amide bonds. The molecule has 1 N–H and O–H groups in total. The van der Waals surface area contributed by atoms with Crippen molar-refractivity contribution in [3.8, 4) is 0 Å². The number of aromatic nitrogens is 1. The second kappa shape index (κ2) is 4.22. The van der Waals surface area contributed by atoms with Crippen molar-refractivity contribution in [2.75, 3.05) is 6.54 Å². The van der Waals surface area contributed by atoms with E-state index in [2.05, 4.69) is 15.7 Å². The van der Waals surface area contributed by atoms with Crippen molar-refractivity contribution >= 4 is 11.3 Å². The minimum Gasteiger partial charge on any atom is -0.311 e. The molecule has 3 atom stereocenters. The second-order valence-electron chi connectivity index (χ2n) is 5.05. The van der Waals surface area contributed by atoms with Gasteiger partial charge in [-0.3, -0.25) is 0 Å². The quantitative estimate of drug-likeness (QED) is 0.847. The fourth-order valence-corrected chi connectivity index (χ4v) is 3.90. The highest BCUT2D eigenvalue weighted by Crippen LogP contribution is 2.47. The summed E-state index contributed by atoms with van der Waals surface area (Å²) in [5.41, 5.74) is 3.11. The third-order valence-corrected chi connectivity index (χ3v) is 4.72. The monoisotopic (exact) mass is 222 g/mol. The van der Waals surface area contributed by atoms with E-state index >= 15 is 0 Å². The molecule has 2 aliphatic rings. The maximum Gasteiger partial charge on any atom is 0.0795 e. The Labute approximate surface area is 95.1 Å². The highest BCUT2D eigenvalue weighted by molar-refractivity contribution is 7.07. The summed E-state index contributed by atoms with van der Waals surface area (Å²) in [6.45, 7) is 2.16. The maximum absolute atomic E-state index is 4.28. The Kier molecular flexibility index (Phi) is 2.76. The molecule has 1 heterocycles. The van der Waals surface area contributed by atoms with Crippen LogP contribution in [0.5, 0.6) is 0 Å². The van der Waals surface area contributed by atoms with Crippen molar-refractivity contribution in [2.45, 2.75) is 32.2 Å². The van der Waals surface area contributed by atoms with Crippen molar-refractivity contribution in [1.82, 2.24) is 10.3 Å². The van der Waals surface area contributed by atoms with Crippen LogP contribution in [-0.4, -0.2) is 11.5 Å². The van der Waals surface area contributed by atoms with Crippen molar-refractivity contribution < 1.29 is 0 Å². The summed E-state index contributed by atoms with van der Waals surface area (Å²) in [5, 5.41) is 5.69. The van der Waals surface area contributed by atoms with E-state index in [0.717, 1.165) is 24.3 Å². The molecule has 3 rings (SSSR count). The molecule has 2 aliphatic carbocycles. The van der Waals surface area contributed by atoms with Gasteiger partial charge in [-0.15, -0.1) is 11.3 Å². The van der Waals surface area contributed by atoms with Gasteiger partial charge in [0.05, 0.1) is 11.2 Å². The molecule has 2 saturated carbocycles. The molecule has 2 bridgehead atoms. The smallest absolute Gasteiger partial charge is 0.0795 e. The van der Waals surface area contributed by atoms with Gasteiger partial charge in [0.2, 0.25) is 0 Å².